The number of carbonyl (C=O) groups is 1. The number of nitrogens with one attached hydrogen (secondary N) is 2. The van der Waals surface area contributed by atoms with E-state index >= 15 is 0 Å². The van der Waals surface area contributed by atoms with Crippen LogP contribution in [0.2, 0.25) is 10.0 Å². The smallest absolute Gasteiger partial charge is 0.276 e. The maximum Gasteiger partial charge on any atom is 0.276 e. The van der Waals surface area contributed by atoms with Gasteiger partial charge in [-0.3, -0.25) is 4.79 Å². The molecule has 0 aliphatic carbocycles. The molecule has 0 aliphatic rings. The van der Waals surface area contributed by atoms with Crippen LogP contribution in [-0.2, 0) is 0 Å². The summed E-state index contributed by atoms with van der Waals surface area (Å²) in [7, 11) is 0. The Morgan fingerprint density at radius 3 is 2.38 bits per heavy atom. The Balaban J connectivity index is 1.73. The van der Waals surface area contributed by atoms with Crippen LogP contribution in [0, 0.1) is 11.3 Å². The van der Waals surface area contributed by atoms with Crippen molar-refractivity contribution in [2.75, 3.05) is 10.6 Å². The Morgan fingerprint density at radius 2 is 1.73 bits per heavy atom. The van der Waals surface area contributed by atoms with Crippen LogP contribution in [0.5, 0.6) is 0 Å². The molecule has 1 aromatic heterocycles. The molecule has 26 heavy (non-hydrogen) atoms. The zero-order valence-corrected chi connectivity index (χ0v) is 14.7. The molecule has 6 nitrogen and oxygen atoms in total. The average Bonchev–Trinajstić information content (AvgIpc) is 2.62. The third kappa shape index (κ3) is 4.28. The Labute approximate surface area is 159 Å². The Kier molecular flexibility index (Phi) is 5.32. The van der Waals surface area contributed by atoms with Gasteiger partial charge in [-0.25, -0.2) is 0 Å². The highest BCUT2D eigenvalue weighted by atomic mass is 35.5. The molecule has 0 saturated heterocycles. The van der Waals surface area contributed by atoms with E-state index in [4.69, 9.17) is 28.5 Å². The van der Waals surface area contributed by atoms with Gasteiger partial charge in [0.1, 0.15) is 6.07 Å². The van der Waals surface area contributed by atoms with Gasteiger partial charge in [-0.1, -0.05) is 35.3 Å². The van der Waals surface area contributed by atoms with Crippen LogP contribution >= 0.6 is 23.2 Å². The summed E-state index contributed by atoms with van der Waals surface area (Å²) in [5.74, 6) is -0.0325. The maximum absolute atomic E-state index is 12.3. The Morgan fingerprint density at radius 1 is 1.00 bits per heavy atom. The third-order valence-electron chi connectivity index (χ3n) is 3.33. The largest absolute Gasteiger partial charge is 0.339 e. The summed E-state index contributed by atoms with van der Waals surface area (Å²) in [6, 6.07) is 16.8. The van der Waals surface area contributed by atoms with Crippen LogP contribution in [0.1, 0.15) is 16.1 Å². The van der Waals surface area contributed by atoms with Gasteiger partial charge in [-0.05, 0) is 42.5 Å². The molecular formula is C18H11Cl2N5O. The number of hydrogen-bond donors (Lipinski definition) is 2. The highest BCUT2D eigenvalue weighted by molar-refractivity contribution is 6.35. The summed E-state index contributed by atoms with van der Waals surface area (Å²) in [4.78, 5) is 12.3. The molecule has 3 aromatic rings. The van der Waals surface area contributed by atoms with Crippen LogP contribution < -0.4 is 10.6 Å². The molecule has 0 aliphatic heterocycles. The van der Waals surface area contributed by atoms with E-state index in [2.05, 4.69) is 20.8 Å². The van der Waals surface area contributed by atoms with E-state index < -0.39 is 5.91 Å². The molecular weight excluding hydrogens is 373 g/mol. The van der Waals surface area contributed by atoms with E-state index in [1.807, 2.05) is 6.07 Å². The van der Waals surface area contributed by atoms with Crippen molar-refractivity contribution in [3.63, 3.8) is 0 Å². The van der Waals surface area contributed by atoms with Crippen LogP contribution in [0.3, 0.4) is 0 Å². The highest BCUT2D eigenvalue weighted by Crippen LogP contribution is 2.24. The summed E-state index contributed by atoms with van der Waals surface area (Å²) in [5, 5.41) is 23.5. The van der Waals surface area contributed by atoms with Crippen molar-refractivity contribution in [3.05, 3.63) is 75.9 Å². The quantitative estimate of drug-likeness (QED) is 0.683. The molecule has 0 fully saturated rings. The first kappa shape index (κ1) is 17.7. The van der Waals surface area contributed by atoms with E-state index in [-0.39, 0.29) is 5.69 Å². The molecule has 0 unspecified atom stereocenters. The number of hydrogen-bond acceptors (Lipinski definition) is 5. The fraction of sp³-hybridized carbons (Fsp3) is 0. The van der Waals surface area contributed by atoms with Gasteiger partial charge in [0.15, 0.2) is 11.5 Å². The van der Waals surface area contributed by atoms with Crippen molar-refractivity contribution in [2.45, 2.75) is 0 Å². The van der Waals surface area contributed by atoms with Gasteiger partial charge in [-0.2, -0.15) is 5.26 Å². The van der Waals surface area contributed by atoms with Crippen LogP contribution in [0.15, 0.2) is 54.6 Å². The standard InChI is InChI=1S/C18H11Cl2N5O/c19-12-7-13(20)9-14(8-12)22-17-6-5-16(24-25-17)18(26)23-15-4-2-1-3-11(15)10-21/h1-9H,(H,22,25)(H,23,26). The molecule has 3 rings (SSSR count). The van der Waals surface area contributed by atoms with Gasteiger partial charge in [0.05, 0.1) is 11.3 Å². The lowest BCUT2D eigenvalue weighted by molar-refractivity contribution is 0.102. The Bertz CT molecular complexity index is 979. The van der Waals surface area contributed by atoms with Crippen molar-refractivity contribution in [1.29, 1.82) is 5.26 Å². The SMILES string of the molecule is N#Cc1ccccc1NC(=O)c1ccc(Nc2cc(Cl)cc(Cl)c2)nn1. The minimum Gasteiger partial charge on any atom is -0.339 e. The summed E-state index contributed by atoms with van der Waals surface area (Å²) in [5.41, 5.74) is 1.55. The number of carbonyl (C=O) groups excluding carboxylic acids is 1. The zero-order chi connectivity index (χ0) is 18.5. The lowest BCUT2D eigenvalue weighted by atomic mass is 10.2. The van der Waals surface area contributed by atoms with Gasteiger partial charge in [-0.15, -0.1) is 10.2 Å². The topological polar surface area (TPSA) is 90.7 Å². The summed E-state index contributed by atoms with van der Waals surface area (Å²) in [6.07, 6.45) is 0. The average molecular weight is 384 g/mol. The van der Waals surface area contributed by atoms with Crippen molar-refractivity contribution in [2.24, 2.45) is 0 Å². The zero-order valence-electron chi connectivity index (χ0n) is 13.2. The monoisotopic (exact) mass is 383 g/mol. The normalized spacial score (nSPS) is 10.0. The fourth-order valence-corrected chi connectivity index (χ4v) is 2.70. The number of nitriles is 1. The molecule has 0 radical (unpaired) electrons. The number of aromatic nitrogens is 2. The van der Waals surface area contributed by atoms with Crippen LogP contribution in [0.25, 0.3) is 0 Å². The fourth-order valence-electron chi connectivity index (χ4n) is 2.17. The predicted octanol–water partition coefficient (Wildman–Crippen LogP) is 4.65. The van der Waals surface area contributed by atoms with Gasteiger partial charge in [0.25, 0.3) is 5.91 Å². The molecule has 8 heteroatoms. The van der Waals surface area contributed by atoms with E-state index in [1.54, 1.807) is 48.5 Å². The number of halogens is 2. The minimum atomic E-state index is -0.461. The van der Waals surface area contributed by atoms with Crippen molar-refractivity contribution < 1.29 is 4.79 Å². The molecule has 2 N–H and O–H groups in total. The van der Waals surface area contributed by atoms with Crippen LogP contribution in [-0.4, -0.2) is 16.1 Å². The van der Waals surface area contributed by atoms with Gasteiger partial charge in [0, 0.05) is 15.7 Å². The van der Waals surface area contributed by atoms with E-state index in [0.29, 0.717) is 32.8 Å². The summed E-state index contributed by atoms with van der Waals surface area (Å²) >= 11 is 11.9. The molecule has 0 atom stereocenters. The van der Waals surface area contributed by atoms with Crippen molar-refractivity contribution in [1.82, 2.24) is 10.2 Å². The number of para-hydroxylation sites is 1. The molecule has 128 valence electrons. The second-order valence-corrected chi connectivity index (χ2v) is 6.07. The van der Waals surface area contributed by atoms with Gasteiger partial charge < -0.3 is 10.6 Å². The van der Waals surface area contributed by atoms with E-state index in [9.17, 15) is 4.79 Å². The lowest BCUT2D eigenvalue weighted by Gasteiger charge is -2.08. The van der Waals surface area contributed by atoms with E-state index in [1.165, 1.54) is 6.07 Å². The number of amides is 1. The second kappa shape index (κ2) is 7.83. The van der Waals surface area contributed by atoms with E-state index in [0.717, 1.165) is 0 Å². The minimum absolute atomic E-state index is 0.118. The first-order valence-electron chi connectivity index (χ1n) is 7.42. The first-order valence-corrected chi connectivity index (χ1v) is 8.18. The second-order valence-electron chi connectivity index (χ2n) is 5.20. The predicted molar refractivity (Wildman–Crippen MR) is 101 cm³/mol. The molecule has 0 bridgehead atoms. The lowest BCUT2D eigenvalue weighted by Crippen LogP contribution is -2.15. The number of nitrogens with zero attached hydrogens (tertiary/aromatic N) is 3. The van der Waals surface area contributed by atoms with Gasteiger partial charge >= 0.3 is 0 Å². The van der Waals surface area contributed by atoms with Crippen LogP contribution in [0.4, 0.5) is 17.2 Å². The summed E-state index contributed by atoms with van der Waals surface area (Å²) < 4.78 is 0. The van der Waals surface area contributed by atoms with Crippen molar-refractivity contribution >= 4 is 46.3 Å². The number of rotatable bonds is 4. The highest BCUT2D eigenvalue weighted by Gasteiger charge is 2.11. The molecule has 2 aromatic carbocycles. The Hall–Kier alpha value is -3.14. The number of benzene rings is 2. The number of anilines is 3. The molecule has 0 saturated carbocycles. The molecule has 1 heterocycles. The third-order valence-corrected chi connectivity index (χ3v) is 3.76. The molecule has 0 spiro atoms. The van der Waals surface area contributed by atoms with Crippen molar-refractivity contribution in [3.8, 4) is 6.07 Å². The first-order chi connectivity index (χ1) is 12.5. The molecule has 1 amide bonds. The maximum atomic E-state index is 12.3. The summed E-state index contributed by atoms with van der Waals surface area (Å²) in [6.45, 7) is 0. The van der Waals surface area contributed by atoms with Gasteiger partial charge in [0.2, 0.25) is 0 Å².